The summed E-state index contributed by atoms with van der Waals surface area (Å²) in [6.07, 6.45) is 5.67. The first-order chi connectivity index (χ1) is 27.3. The Kier molecular flexibility index (Phi) is 6.98. The van der Waals surface area contributed by atoms with Crippen molar-refractivity contribution in [2.45, 2.75) is 38.5 Å². The number of benzene rings is 7. The predicted molar refractivity (Wildman–Crippen MR) is 234 cm³/mol. The standard InChI is InChI=1S/C54H40N2/c1-53(2)46-17-9-7-13-38(46)40-23-20-34(29-48(40)53)51-42-15-5-6-16-43(42)52(35-21-24-41-39-14-8-10-18-47(39)54(3,4)49(41)30-35)45-28-33(19-25-44(45)51)36-22-26-50(56-32-36)37-12-11-27-55-31-37/h5-32H,1-4H3. The third-order valence-corrected chi connectivity index (χ3v) is 12.8. The van der Waals surface area contributed by atoms with Crippen molar-refractivity contribution in [1.82, 2.24) is 9.97 Å². The summed E-state index contributed by atoms with van der Waals surface area (Å²) in [5.74, 6) is 0. The van der Waals surface area contributed by atoms with Gasteiger partial charge in [0.25, 0.3) is 0 Å². The molecule has 0 N–H and O–H groups in total. The first-order valence-corrected chi connectivity index (χ1v) is 19.6. The lowest BCUT2D eigenvalue weighted by molar-refractivity contribution is 0.660. The minimum atomic E-state index is -0.102. The average molecular weight is 717 g/mol. The van der Waals surface area contributed by atoms with Crippen LogP contribution < -0.4 is 0 Å². The lowest BCUT2D eigenvalue weighted by atomic mass is 9.79. The molecule has 0 radical (unpaired) electrons. The van der Waals surface area contributed by atoms with Crippen LogP contribution in [0.2, 0.25) is 0 Å². The zero-order valence-electron chi connectivity index (χ0n) is 32.1. The smallest absolute Gasteiger partial charge is 0.0717 e. The summed E-state index contributed by atoms with van der Waals surface area (Å²) in [7, 11) is 0. The second-order valence-corrected chi connectivity index (χ2v) is 16.6. The lowest BCUT2D eigenvalue weighted by Crippen LogP contribution is -2.15. The number of fused-ring (bicyclic) bond motifs is 8. The van der Waals surface area contributed by atoms with Crippen molar-refractivity contribution in [3.63, 3.8) is 0 Å². The molecule has 2 aliphatic carbocycles. The van der Waals surface area contributed by atoms with E-state index in [0.717, 1.165) is 22.4 Å². The molecule has 2 aliphatic rings. The van der Waals surface area contributed by atoms with Gasteiger partial charge in [0.15, 0.2) is 0 Å². The molecule has 0 amide bonds. The highest BCUT2D eigenvalue weighted by Crippen LogP contribution is 2.53. The number of rotatable bonds is 4. The fraction of sp³-hybridized carbons (Fsp3) is 0.111. The van der Waals surface area contributed by atoms with Crippen molar-refractivity contribution in [3.8, 4) is 66.9 Å². The maximum atomic E-state index is 4.90. The number of pyridine rings is 2. The average Bonchev–Trinajstić information content (AvgIpc) is 3.61. The third kappa shape index (κ3) is 4.69. The summed E-state index contributed by atoms with van der Waals surface area (Å²) in [5, 5.41) is 5.01. The SMILES string of the molecule is CC1(C)c2ccccc2-c2ccc(-c3c4ccccc4c(-c4ccc5c(c4)C(C)(C)c4ccccc4-5)c4cc(-c5ccc(-c6cccnc6)nc5)ccc34)cc21. The topological polar surface area (TPSA) is 25.8 Å². The molecule has 7 aromatic carbocycles. The summed E-state index contributed by atoms with van der Waals surface area (Å²) < 4.78 is 0. The number of hydrogen-bond donors (Lipinski definition) is 0. The van der Waals surface area contributed by atoms with E-state index in [-0.39, 0.29) is 10.8 Å². The molecular formula is C54H40N2. The molecule has 0 fully saturated rings. The highest BCUT2D eigenvalue weighted by molar-refractivity contribution is 6.22. The molecule has 0 bridgehead atoms. The molecule has 0 aliphatic heterocycles. The molecule has 2 heterocycles. The number of aromatic nitrogens is 2. The van der Waals surface area contributed by atoms with Crippen LogP contribution in [-0.2, 0) is 10.8 Å². The second kappa shape index (κ2) is 11.9. The van der Waals surface area contributed by atoms with E-state index >= 15 is 0 Å². The molecule has 0 saturated carbocycles. The third-order valence-electron chi connectivity index (χ3n) is 12.8. The highest BCUT2D eigenvalue weighted by Gasteiger charge is 2.37. The summed E-state index contributed by atoms with van der Waals surface area (Å²) in [4.78, 5) is 9.21. The van der Waals surface area contributed by atoms with Gasteiger partial charge >= 0.3 is 0 Å². The highest BCUT2D eigenvalue weighted by atomic mass is 14.7. The Hall–Kier alpha value is -6.64. The quantitative estimate of drug-likeness (QED) is 0.170. The summed E-state index contributed by atoms with van der Waals surface area (Å²) >= 11 is 0. The van der Waals surface area contributed by atoms with E-state index < -0.39 is 0 Å². The first kappa shape index (κ1) is 32.8. The lowest BCUT2D eigenvalue weighted by Gasteiger charge is -2.24. The van der Waals surface area contributed by atoms with Gasteiger partial charge in [-0.05, 0) is 130 Å². The zero-order valence-corrected chi connectivity index (χ0v) is 32.1. The van der Waals surface area contributed by atoms with Crippen LogP contribution >= 0.6 is 0 Å². The van der Waals surface area contributed by atoms with Crippen molar-refractivity contribution < 1.29 is 0 Å². The van der Waals surface area contributed by atoms with Crippen LogP contribution in [0, 0.1) is 0 Å². The van der Waals surface area contributed by atoms with Gasteiger partial charge in [-0.2, -0.15) is 0 Å². The Morgan fingerprint density at radius 3 is 1.45 bits per heavy atom. The molecule has 0 unspecified atom stereocenters. The summed E-state index contributed by atoms with van der Waals surface area (Å²) in [5.41, 5.74) is 19.9. The Morgan fingerprint density at radius 1 is 0.357 bits per heavy atom. The second-order valence-electron chi connectivity index (χ2n) is 16.6. The van der Waals surface area contributed by atoms with E-state index in [1.165, 1.54) is 88.3 Å². The fourth-order valence-electron chi connectivity index (χ4n) is 9.95. The predicted octanol–water partition coefficient (Wildman–Crippen LogP) is 14.1. The van der Waals surface area contributed by atoms with Crippen LogP contribution in [0.3, 0.4) is 0 Å². The van der Waals surface area contributed by atoms with E-state index in [1.54, 1.807) is 6.20 Å². The number of nitrogens with zero attached hydrogens (tertiary/aromatic N) is 2. The molecule has 0 spiro atoms. The fourth-order valence-corrected chi connectivity index (χ4v) is 9.95. The molecular weight excluding hydrogens is 677 g/mol. The van der Waals surface area contributed by atoms with Gasteiger partial charge in [0.05, 0.1) is 5.69 Å². The van der Waals surface area contributed by atoms with E-state index in [4.69, 9.17) is 4.98 Å². The van der Waals surface area contributed by atoms with Crippen LogP contribution in [0.15, 0.2) is 170 Å². The van der Waals surface area contributed by atoms with Crippen LogP contribution in [0.4, 0.5) is 0 Å². The minimum absolute atomic E-state index is 0.0928. The maximum absolute atomic E-state index is 4.90. The van der Waals surface area contributed by atoms with Crippen molar-refractivity contribution in [1.29, 1.82) is 0 Å². The van der Waals surface area contributed by atoms with Gasteiger partial charge in [-0.3, -0.25) is 9.97 Å². The van der Waals surface area contributed by atoms with Crippen LogP contribution in [-0.4, -0.2) is 9.97 Å². The molecule has 56 heavy (non-hydrogen) atoms. The maximum Gasteiger partial charge on any atom is 0.0717 e. The molecule has 0 saturated heterocycles. The molecule has 0 atom stereocenters. The van der Waals surface area contributed by atoms with Crippen molar-refractivity contribution >= 4 is 21.5 Å². The number of hydrogen-bond acceptors (Lipinski definition) is 2. The van der Waals surface area contributed by atoms with Gasteiger partial charge in [-0.15, -0.1) is 0 Å². The Bertz CT molecular complexity index is 3060. The molecule has 2 heteroatoms. The van der Waals surface area contributed by atoms with Gasteiger partial charge < -0.3 is 0 Å². The van der Waals surface area contributed by atoms with Gasteiger partial charge in [-0.1, -0.05) is 143 Å². The minimum Gasteiger partial charge on any atom is -0.264 e. The van der Waals surface area contributed by atoms with E-state index in [2.05, 4.69) is 178 Å². The van der Waals surface area contributed by atoms with Crippen LogP contribution in [0.5, 0.6) is 0 Å². The largest absolute Gasteiger partial charge is 0.264 e. The van der Waals surface area contributed by atoms with Crippen LogP contribution in [0.1, 0.15) is 49.9 Å². The monoisotopic (exact) mass is 716 g/mol. The molecule has 11 rings (SSSR count). The first-order valence-electron chi connectivity index (χ1n) is 19.6. The van der Waals surface area contributed by atoms with Gasteiger partial charge in [0.2, 0.25) is 0 Å². The van der Waals surface area contributed by atoms with Crippen molar-refractivity contribution in [3.05, 3.63) is 193 Å². The van der Waals surface area contributed by atoms with Gasteiger partial charge in [0.1, 0.15) is 0 Å². The van der Waals surface area contributed by atoms with Gasteiger partial charge in [0, 0.05) is 40.5 Å². The van der Waals surface area contributed by atoms with E-state index in [1.807, 2.05) is 18.5 Å². The van der Waals surface area contributed by atoms with E-state index in [9.17, 15) is 0 Å². The molecule has 9 aromatic rings. The van der Waals surface area contributed by atoms with Gasteiger partial charge in [-0.25, -0.2) is 0 Å². The molecule has 2 nitrogen and oxygen atoms in total. The Morgan fingerprint density at radius 2 is 0.875 bits per heavy atom. The Balaban J connectivity index is 1.17. The van der Waals surface area contributed by atoms with Crippen LogP contribution in [0.25, 0.3) is 88.4 Å². The van der Waals surface area contributed by atoms with Crippen molar-refractivity contribution in [2.24, 2.45) is 0 Å². The summed E-state index contributed by atoms with van der Waals surface area (Å²) in [6, 6.07) is 56.6. The van der Waals surface area contributed by atoms with E-state index in [0.29, 0.717) is 0 Å². The summed E-state index contributed by atoms with van der Waals surface area (Å²) in [6.45, 7) is 9.48. The zero-order chi connectivity index (χ0) is 37.8. The van der Waals surface area contributed by atoms with Crippen molar-refractivity contribution in [2.75, 3.05) is 0 Å². The Labute approximate surface area is 328 Å². The normalized spacial score (nSPS) is 14.4. The molecule has 266 valence electrons. The molecule has 2 aromatic heterocycles.